The van der Waals surface area contributed by atoms with Crippen LogP contribution < -0.4 is 5.43 Å². The van der Waals surface area contributed by atoms with Crippen LogP contribution in [0.1, 0.15) is 11.7 Å². The molecule has 14 heteroatoms. The third-order valence-corrected chi connectivity index (χ3v) is 7.12. The fourth-order valence-corrected chi connectivity index (χ4v) is 4.95. The monoisotopic (exact) mass is 564 g/mol. The zero-order valence-electron chi connectivity index (χ0n) is 20.6. The van der Waals surface area contributed by atoms with Crippen LogP contribution in [0.2, 0.25) is 0 Å². The van der Waals surface area contributed by atoms with E-state index in [9.17, 15) is 50.8 Å². The van der Waals surface area contributed by atoms with E-state index in [1.165, 1.54) is 24.3 Å². The summed E-state index contributed by atoms with van der Waals surface area (Å²) < 4.78 is 22.1. The van der Waals surface area contributed by atoms with Gasteiger partial charge in [0.05, 0.1) is 24.3 Å². The van der Waals surface area contributed by atoms with Gasteiger partial charge in [-0.2, -0.15) is 0 Å². The zero-order chi connectivity index (χ0) is 28.9. The molecule has 9 unspecified atom stereocenters. The molecule has 9 N–H and O–H groups in total. The van der Waals surface area contributed by atoms with Crippen molar-refractivity contribution >= 4 is 11.0 Å². The molecule has 0 amide bonds. The highest BCUT2D eigenvalue weighted by Gasteiger charge is 2.50. The van der Waals surface area contributed by atoms with E-state index in [1.54, 1.807) is 0 Å². The van der Waals surface area contributed by atoms with Gasteiger partial charge < -0.3 is 64.6 Å². The van der Waals surface area contributed by atoms with Crippen molar-refractivity contribution in [2.45, 2.75) is 55.1 Å². The Morgan fingerprint density at radius 3 is 2.27 bits per heavy atom. The molecule has 0 aliphatic carbocycles. The van der Waals surface area contributed by atoms with Crippen LogP contribution >= 0.6 is 0 Å². The van der Waals surface area contributed by atoms with Gasteiger partial charge in [0.25, 0.3) is 0 Å². The first kappa shape index (κ1) is 28.2. The molecule has 5 rings (SSSR count). The number of aromatic hydroxyl groups is 3. The van der Waals surface area contributed by atoms with Gasteiger partial charge in [0.15, 0.2) is 11.9 Å². The molecule has 0 bridgehead atoms. The number of aliphatic hydroxyl groups is 6. The van der Waals surface area contributed by atoms with E-state index < -0.39 is 85.3 Å². The summed E-state index contributed by atoms with van der Waals surface area (Å²) in [6.45, 7) is -1.21. The molecule has 2 saturated heterocycles. The Labute approximate surface area is 225 Å². The highest BCUT2D eigenvalue weighted by Crippen LogP contribution is 2.44. The number of rotatable bonds is 5. The summed E-state index contributed by atoms with van der Waals surface area (Å²) in [6, 6.07) is 6.44. The minimum Gasteiger partial charge on any atom is -0.508 e. The van der Waals surface area contributed by atoms with Crippen molar-refractivity contribution in [3.05, 3.63) is 52.4 Å². The molecule has 9 atom stereocenters. The lowest BCUT2D eigenvalue weighted by molar-refractivity contribution is -0.325. The first-order chi connectivity index (χ1) is 19.0. The van der Waals surface area contributed by atoms with Crippen LogP contribution in [0.25, 0.3) is 22.1 Å². The molecule has 3 heterocycles. The van der Waals surface area contributed by atoms with Gasteiger partial charge in [0.1, 0.15) is 77.7 Å². The molecular weight excluding hydrogens is 536 g/mol. The Hall–Kier alpha value is -3.31. The van der Waals surface area contributed by atoms with Crippen molar-refractivity contribution in [3.8, 4) is 28.4 Å². The van der Waals surface area contributed by atoms with Crippen molar-refractivity contribution < 1.29 is 64.6 Å². The molecule has 2 aromatic carbocycles. The maximum atomic E-state index is 13.4. The fourth-order valence-electron chi connectivity index (χ4n) is 4.95. The molecule has 1 aromatic heterocycles. The van der Waals surface area contributed by atoms with Crippen LogP contribution in [0.5, 0.6) is 17.2 Å². The van der Waals surface area contributed by atoms with Gasteiger partial charge >= 0.3 is 0 Å². The van der Waals surface area contributed by atoms with Gasteiger partial charge in [-0.15, -0.1) is 0 Å². The van der Waals surface area contributed by atoms with Crippen molar-refractivity contribution in [2.24, 2.45) is 0 Å². The Morgan fingerprint density at radius 1 is 0.900 bits per heavy atom. The fraction of sp³-hybridized carbons (Fsp3) is 0.423. The van der Waals surface area contributed by atoms with E-state index in [0.29, 0.717) is 5.56 Å². The summed E-state index contributed by atoms with van der Waals surface area (Å²) in [5, 5.41) is 92.2. The lowest BCUT2D eigenvalue weighted by Crippen LogP contribution is -2.61. The third kappa shape index (κ3) is 4.79. The largest absolute Gasteiger partial charge is 0.508 e. The first-order valence-electron chi connectivity index (χ1n) is 12.3. The van der Waals surface area contributed by atoms with Gasteiger partial charge in [-0.05, 0) is 17.7 Å². The summed E-state index contributed by atoms with van der Waals surface area (Å²) >= 11 is 0. The molecule has 2 aliphatic rings. The Morgan fingerprint density at radius 2 is 1.60 bits per heavy atom. The van der Waals surface area contributed by atoms with Crippen molar-refractivity contribution in [3.63, 3.8) is 0 Å². The van der Waals surface area contributed by atoms with Crippen molar-refractivity contribution in [2.75, 3.05) is 13.2 Å². The highest BCUT2D eigenvalue weighted by atomic mass is 16.7. The summed E-state index contributed by atoms with van der Waals surface area (Å²) in [7, 11) is 0. The van der Waals surface area contributed by atoms with Crippen molar-refractivity contribution in [1.82, 2.24) is 0 Å². The highest BCUT2D eigenvalue weighted by molar-refractivity contribution is 5.91. The molecule has 0 spiro atoms. The second-order valence-corrected chi connectivity index (χ2v) is 9.67. The van der Waals surface area contributed by atoms with Crippen LogP contribution in [0.15, 0.2) is 45.8 Å². The first-order valence-corrected chi connectivity index (χ1v) is 12.3. The quantitative estimate of drug-likeness (QED) is 0.172. The molecule has 2 aliphatic heterocycles. The van der Waals surface area contributed by atoms with Gasteiger partial charge in [0.2, 0.25) is 5.43 Å². The number of ether oxygens (including phenoxy) is 3. The van der Waals surface area contributed by atoms with E-state index in [1.807, 2.05) is 0 Å². The van der Waals surface area contributed by atoms with E-state index in [2.05, 4.69) is 0 Å². The molecule has 40 heavy (non-hydrogen) atoms. The number of fused-ring (bicyclic) bond motifs is 1. The van der Waals surface area contributed by atoms with Crippen LogP contribution in [0, 0.1) is 0 Å². The number of aliphatic hydroxyl groups excluding tert-OH is 6. The maximum Gasteiger partial charge on any atom is 0.204 e. The summed E-state index contributed by atoms with van der Waals surface area (Å²) in [4.78, 5) is 13.4. The predicted molar refractivity (Wildman–Crippen MR) is 132 cm³/mol. The maximum absolute atomic E-state index is 13.4. The van der Waals surface area contributed by atoms with Crippen LogP contribution in [-0.2, 0) is 14.2 Å². The third-order valence-electron chi connectivity index (χ3n) is 7.12. The van der Waals surface area contributed by atoms with E-state index >= 15 is 0 Å². The summed E-state index contributed by atoms with van der Waals surface area (Å²) in [5.41, 5.74) is -1.03. The number of phenols is 3. The Balaban J connectivity index is 1.57. The van der Waals surface area contributed by atoms with E-state index in [0.717, 1.165) is 12.3 Å². The average Bonchev–Trinajstić information content (AvgIpc) is 2.92. The Kier molecular flexibility index (Phi) is 7.71. The molecule has 2 fully saturated rings. The van der Waals surface area contributed by atoms with Crippen molar-refractivity contribution in [1.29, 1.82) is 0 Å². The lowest BCUT2D eigenvalue weighted by Gasteiger charge is -2.45. The smallest absolute Gasteiger partial charge is 0.204 e. The lowest BCUT2D eigenvalue weighted by atomic mass is 9.89. The second kappa shape index (κ2) is 10.9. The van der Waals surface area contributed by atoms with Gasteiger partial charge in [0, 0.05) is 6.07 Å². The Bertz CT molecular complexity index is 1420. The molecule has 216 valence electrons. The van der Waals surface area contributed by atoms with Gasteiger partial charge in [-0.1, -0.05) is 12.1 Å². The molecule has 0 saturated carbocycles. The normalized spacial score (nSPS) is 32.8. The average molecular weight is 564 g/mol. The molecular formula is C26H28O14. The minimum atomic E-state index is -1.85. The standard InChI is InChI=1S/C26H28O14/c27-6-15-20(34)25(40-26-21(35)19(33)14(31)8-38-26)22(36)24(39-15)17-13(30)5-12(29)16-18(32)11(7-37-23(16)17)9-1-3-10(28)4-2-9/h1-5,7,14-15,19-22,24-31,33-36H,6,8H2. The number of benzene rings is 2. The topological polar surface area (TPSA) is 240 Å². The van der Waals surface area contributed by atoms with Crippen LogP contribution in [-0.4, -0.2) is 108 Å². The minimum absolute atomic E-state index is 0.0126. The molecule has 3 aromatic rings. The predicted octanol–water partition coefficient (Wildman–Crippen LogP) is -1.45. The van der Waals surface area contributed by atoms with Crippen LogP contribution in [0.3, 0.4) is 0 Å². The van der Waals surface area contributed by atoms with Crippen LogP contribution in [0.4, 0.5) is 0 Å². The van der Waals surface area contributed by atoms with Gasteiger partial charge in [-0.25, -0.2) is 0 Å². The van der Waals surface area contributed by atoms with Gasteiger partial charge in [-0.3, -0.25) is 4.79 Å². The number of hydrogen-bond donors (Lipinski definition) is 9. The second-order valence-electron chi connectivity index (χ2n) is 9.67. The number of phenolic OH excluding ortho intramolecular Hbond substituents is 3. The summed E-state index contributed by atoms with van der Waals surface area (Å²) in [5.74, 6) is -1.34. The summed E-state index contributed by atoms with van der Waals surface area (Å²) in [6.07, 6.45) is -13.6. The molecule has 0 radical (unpaired) electrons. The zero-order valence-corrected chi connectivity index (χ0v) is 20.6. The van der Waals surface area contributed by atoms with E-state index in [-0.39, 0.29) is 27.8 Å². The number of hydrogen-bond acceptors (Lipinski definition) is 14. The molecule has 14 nitrogen and oxygen atoms in total. The SMILES string of the molecule is O=c1c(-c2ccc(O)cc2)coc2c(C3OC(CO)C(O)C(OC4OCC(O)C(O)C4O)C3O)c(O)cc(O)c12. The van der Waals surface area contributed by atoms with E-state index in [4.69, 9.17) is 18.6 Å².